The zero-order valence-electron chi connectivity index (χ0n) is 17.1. The van der Waals surface area contributed by atoms with Gasteiger partial charge in [0, 0.05) is 28.6 Å². The van der Waals surface area contributed by atoms with Gasteiger partial charge in [0.25, 0.3) is 5.91 Å². The SMILES string of the molecule is CCOc1ccccc1-c1cc(Nc2ccc(NC(=O)c3ccccc3)cc2)ncn1. The van der Waals surface area contributed by atoms with Crippen LogP contribution in [-0.4, -0.2) is 22.5 Å². The van der Waals surface area contributed by atoms with Gasteiger partial charge in [0.05, 0.1) is 12.3 Å². The number of hydrogen-bond donors (Lipinski definition) is 2. The summed E-state index contributed by atoms with van der Waals surface area (Å²) in [5, 5.41) is 6.16. The van der Waals surface area contributed by atoms with Crippen molar-refractivity contribution in [1.82, 2.24) is 9.97 Å². The highest BCUT2D eigenvalue weighted by atomic mass is 16.5. The van der Waals surface area contributed by atoms with Crippen LogP contribution in [0.2, 0.25) is 0 Å². The number of anilines is 3. The molecule has 0 bridgehead atoms. The topological polar surface area (TPSA) is 76.1 Å². The van der Waals surface area contributed by atoms with Crippen LogP contribution in [0.15, 0.2) is 91.3 Å². The molecule has 6 heteroatoms. The fourth-order valence-corrected chi connectivity index (χ4v) is 3.11. The van der Waals surface area contributed by atoms with Gasteiger partial charge >= 0.3 is 0 Å². The van der Waals surface area contributed by atoms with E-state index in [1.807, 2.05) is 79.7 Å². The van der Waals surface area contributed by atoms with Crippen molar-refractivity contribution in [3.63, 3.8) is 0 Å². The minimum Gasteiger partial charge on any atom is -0.493 e. The van der Waals surface area contributed by atoms with E-state index < -0.39 is 0 Å². The number of nitrogens with one attached hydrogen (secondary N) is 2. The van der Waals surface area contributed by atoms with Gasteiger partial charge in [-0.05, 0) is 55.5 Å². The highest BCUT2D eigenvalue weighted by Crippen LogP contribution is 2.29. The lowest BCUT2D eigenvalue weighted by Crippen LogP contribution is -2.11. The number of benzene rings is 3. The van der Waals surface area contributed by atoms with Crippen molar-refractivity contribution in [2.24, 2.45) is 0 Å². The quantitative estimate of drug-likeness (QED) is 0.418. The molecule has 1 amide bonds. The first kappa shape index (κ1) is 20.1. The number of carbonyl (C=O) groups excluding carboxylic acids is 1. The number of aromatic nitrogens is 2. The van der Waals surface area contributed by atoms with Gasteiger partial charge in [0.2, 0.25) is 0 Å². The zero-order valence-corrected chi connectivity index (χ0v) is 17.1. The molecule has 0 saturated heterocycles. The molecule has 0 unspecified atom stereocenters. The number of carbonyl (C=O) groups is 1. The molecule has 0 atom stereocenters. The van der Waals surface area contributed by atoms with Gasteiger partial charge in [-0.2, -0.15) is 0 Å². The van der Waals surface area contributed by atoms with Crippen molar-refractivity contribution in [3.05, 3.63) is 96.8 Å². The molecular formula is C25H22N4O2. The Morgan fingerprint density at radius 1 is 0.871 bits per heavy atom. The van der Waals surface area contributed by atoms with Crippen molar-refractivity contribution in [2.75, 3.05) is 17.2 Å². The highest BCUT2D eigenvalue weighted by molar-refractivity contribution is 6.04. The first-order chi connectivity index (χ1) is 15.2. The van der Waals surface area contributed by atoms with E-state index in [9.17, 15) is 4.79 Å². The van der Waals surface area contributed by atoms with E-state index in [2.05, 4.69) is 20.6 Å². The van der Waals surface area contributed by atoms with Crippen LogP contribution in [0.25, 0.3) is 11.3 Å². The Morgan fingerprint density at radius 3 is 2.35 bits per heavy atom. The van der Waals surface area contributed by atoms with Gasteiger partial charge in [-0.25, -0.2) is 9.97 Å². The summed E-state index contributed by atoms with van der Waals surface area (Å²) in [5.41, 5.74) is 3.86. The predicted molar refractivity (Wildman–Crippen MR) is 123 cm³/mol. The minimum atomic E-state index is -0.144. The van der Waals surface area contributed by atoms with E-state index in [-0.39, 0.29) is 5.91 Å². The van der Waals surface area contributed by atoms with Crippen molar-refractivity contribution in [1.29, 1.82) is 0 Å². The summed E-state index contributed by atoms with van der Waals surface area (Å²) in [6.45, 7) is 2.54. The van der Waals surface area contributed by atoms with E-state index in [4.69, 9.17) is 4.74 Å². The lowest BCUT2D eigenvalue weighted by atomic mass is 10.1. The average Bonchev–Trinajstić information content (AvgIpc) is 2.82. The summed E-state index contributed by atoms with van der Waals surface area (Å²) >= 11 is 0. The fourth-order valence-electron chi connectivity index (χ4n) is 3.11. The van der Waals surface area contributed by atoms with Crippen LogP contribution in [0.4, 0.5) is 17.2 Å². The molecule has 0 aliphatic heterocycles. The normalized spacial score (nSPS) is 10.4. The van der Waals surface area contributed by atoms with Crippen LogP contribution >= 0.6 is 0 Å². The van der Waals surface area contributed by atoms with E-state index in [1.54, 1.807) is 12.1 Å². The molecule has 3 aromatic carbocycles. The molecule has 4 aromatic rings. The molecule has 0 spiro atoms. The average molecular weight is 410 g/mol. The number of ether oxygens (including phenoxy) is 1. The van der Waals surface area contributed by atoms with E-state index >= 15 is 0 Å². The minimum absolute atomic E-state index is 0.144. The Balaban J connectivity index is 1.47. The summed E-state index contributed by atoms with van der Waals surface area (Å²) in [5.74, 6) is 1.31. The first-order valence-corrected chi connectivity index (χ1v) is 10.0. The Kier molecular flexibility index (Phi) is 6.18. The third kappa shape index (κ3) is 5.05. The third-order valence-electron chi connectivity index (χ3n) is 4.58. The maximum Gasteiger partial charge on any atom is 0.255 e. The lowest BCUT2D eigenvalue weighted by Gasteiger charge is -2.11. The van der Waals surface area contributed by atoms with Gasteiger partial charge in [-0.1, -0.05) is 30.3 Å². The van der Waals surface area contributed by atoms with E-state index in [0.717, 1.165) is 22.7 Å². The number of nitrogens with zero attached hydrogens (tertiary/aromatic N) is 2. The van der Waals surface area contributed by atoms with Crippen LogP contribution in [0, 0.1) is 0 Å². The summed E-state index contributed by atoms with van der Waals surface area (Å²) in [4.78, 5) is 21.0. The fraction of sp³-hybridized carbons (Fsp3) is 0.0800. The zero-order chi connectivity index (χ0) is 21.5. The smallest absolute Gasteiger partial charge is 0.255 e. The molecule has 2 N–H and O–H groups in total. The number of amides is 1. The van der Waals surface area contributed by atoms with Gasteiger partial charge in [0.1, 0.15) is 17.9 Å². The van der Waals surface area contributed by atoms with Gasteiger partial charge in [-0.15, -0.1) is 0 Å². The molecule has 4 rings (SSSR count). The number of rotatable bonds is 7. The van der Waals surface area contributed by atoms with Gasteiger partial charge < -0.3 is 15.4 Å². The highest BCUT2D eigenvalue weighted by Gasteiger charge is 2.09. The Hall–Kier alpha value is -4.19. The Labute approximate surface area is 181 Å². The molecule has 1 heterocycles. The molecule has 0 aliphatic rings. The van der Waals surface area contributed by atoms with Crippen molar-refractivity contribution in [2.45, 2.75) is 6.92 Å². The summed E-state index contributed by atoms with van der Waals surface area (Å²) in [7, 11) is 0. The molecule has 6 nitrogen and oxygen atoms in total. The molecule has 0 fully saturated rings. The predicted octanol–water partition coefficient (Wildman–Crippen LogP) is 5.54. The second-order valence-corrected chi connectivity index (χ2v) is 6.74. The number of hydrogen-bond acceptors (Lipinski definition) is 5. The van der Waals surface area contributed by atoms with Crippen LogP contribution in [-0.2, 0) is 0 Å². The maximum atomic E-state index is 12.3. The molecule has 0 radical (unpaired) electrons. The lowest BCUT2D eigenvalue weighted by molar-refractivity contribution is 0.102. The van der Waals surface area contributed by atoms with Crippen LogP contribution in [0.3, 0.4) is 0 Å². The standard InChI is InChI=1S/C25H22N4O2/c1-2-31-23-11-7-6-10-21(23)22-16-24(27-17-26-22)28-19-12-14-20(15-13-19)29-25(30)18-8-4-3-5-9-18/h3-17H,2H2,1H3,(H,29,30)(H,26,27,28). The van der Waals surface area contributed by atoms with Crippen LogP contribution in [0.1, 0.15) is 17.3 Å². The van der Waals surface area contributed by atoms with Gasteiger partial charge in [-0.3, -0.25) is 4.79 Å². The Bertz CT molecular complexity index is 1160. The molecule has 1 aromatic heterocycles. The van der Waals surface area contributed by atoms with E-state index in [1.165, 1.54) is 6.33 Å². The molecule has 31 heavy (non-hydrogen) atoms. The second-order valence-electron chi connectivity index (χ2n) is 6.74. The monoisotopic (exact) mass is 410 g/mol. The van der Waals surface area contributed by atoms with Crippen molar-refractivity contribution < 1.29 is 9.53 Å². The summed E-state index contributed by atoms with van der Waals surface area (Å²) in [6, 6.07) is 26.2. The van der Waals surface area contributed by atoms with Crippen molar-refractivity contribution >= 4 is 23.1 Å². The molecule has 0 saturated carbocycles. The third-order valence-corrected chi connectivity index (χ3v) is 4.58. The summed E-state index contributed by atoms with van der Waals surface area (Å²) < 4.78 is 5.71. The molecule has 154 valence electrons. The number of para-hydroxylation sites is 1. The van der Waals surface area contributed by atoms with Gasteiger partial charge in [0.15, 0.2) is 0 Å². The van der Waals surface area contributed by atoms with Crippen LogP contribution < -0.4 is 15.4 Å². The van der Waals surface area contributed by atoms with E-state index in [0.29, 0.717) is 23.7 Å². The Morgan fingerprint density at radius 2 is 1.58 bits per heavy atom. The summed E-state index contributed by atoms with van der Waals surface area (Å²) in [6.07, 6.45) is 1.52. The largest absolute Gasteiger partial charge is 0.493 e. The second kappa shape index (κ2) is 9.54. The maximum absolute atomic E-state index is 12.3. The molecule has 0 aliphatic carbocycles. The van der Waals surface area contributed by atoms with Crippen LogP contribution in [0.5, 0.6) is 5.75 Å². The molecular weight excluding hydrogens is 388 g/mol. The van der Waals surface area contributed by atoms with Crippen molar-refractivity contribution in [3.8, 4) is 17.0 Å². The first-order valence-electron chi connectivity index (χ1n) is 10.0.